The largest absolute Gasteiger partial charge is 0.288 e. The van der Waals surface area contributed by atoms with Crippen molar-refractivity contribution in [1.29, 1.82) is 0 Å². The van der Waals surface area contributed by atoms with Crippen molar-refractivity contribution in [2.24, 2.45) is 0 Å². The number of carbonyl (C=O) groups is 4. The van der Waals surface area contributed by atoms with E-state index in [0.717, 1.165) is 10.8 Å². The minimum Gasteiger partial charge on any atom is -0.288 e. The van der Waals surface area contributed by atoms with Crippen LogP contribution in [-0.4, -0.2) is 58.3 Å². The molecule has 4 amide bonds. The number of hydrogen-bond donors (Lipinski definition) is 1. The lowest BCUT2D eigenvalue weighted by Crippen LogP contribution is -2.30. The topological polar surface area (TPSA) is 109 Å². The zero-order chi connectivity index (χ0) is 22.8. The first-order chi connectivity index (χ1) is 15.0. The number of aromatic nitrogens is 2. The van der Waals surface area contributed by atoms with Crippen molar-refractivity contribution in [3.8, 4) is 0 Å². The van der Waals surface area contributed by atoms with Gasteiger partial charge in [0.25, 0.3) is 23.6 Å². The number of pyridine rings is 2. The molecule has 2 aromatic rings. The standard InChI is InChI=1S/C10H9IN2O2.C7H4N2O2.C3H6I2/c11-3-1-5-13-9(14)7-2-4-12-6-8(7)10(13)15;10-6-4-1-2-8-3-5(4)7(11)9-6;4-2-1-3-5/h2,4,6H,1,3,5H2;1-3H,(H,9,10,11);1-3H2. The van der Waals surface area contributed by atoms with Gasteiger partial charge in [0.15, 0.2) is 0 Å². The van der Waals surface area contributed by atoms with E-state index in [0.29, 0.717) is 28.8 Å². The van der Waals surface area contributed by atoms with Crippen molar-refractivity contribution >= 4 is 91.4 Å². The molecule has 0 bridgehead atoms. The van der Waals surface area contributed by atoms with Gasteiger partial charge in [-0.15, -0.1) is 0 Å². The third kappa shape index (κ3) is 6.87. The van der Waals surface area contributed by atoms with E-state index in [2.05, 4.69) is 83.1 Å². The summed E-state index contributed by atoms with van der Waals surface area (Å²) in [6, 6.07) is 3.12. The van der Waals surface area contributed by atoms with Crippen LogP contribution in [0, 0.1) is 0 Å². The van der Waals surface area contributed by atoms with Crippen molar-refractivity contribution in [3.05, 3.63) is 59.2 Å². The summed E-state index contributed by atoms with van der Waals surface area (Å²) in [7, 11) is 0. The van der Waals surface area contributed by atoms with E-state index in [1.54, 1.807) is 6.07 Å². The first kappa shape index (κ1) is 26.0. The fraction of sp³-hybridized carbons (Fsp3) is 0.300. The highest BCUT2D eigenvalue weighted by molar-refractivity contribution is 14.1. The maximum Gasteiger partial charge on any atom is 0.263 e. The maximum absolute atomic E-state index is 11.8. The molecule has 0 atom stereocenters. The number of halogens is 3. The SMILES string of the molecule is ICCCI.O=C1NC(=O)c2cnccc21.O=C1c2ccncc2C(=O)N1CCCI. The molecule has 0 aliphatic carbocycles. The Bertz CT molecular complexity index is 901. The molecular formula is C20H19I3N4O4. The molecule has 0 saturated heterocycles. The minimum absolute atomic E-state index is 0.192. The van der Waals surface area contributed by atoms with Crippen LogP contribution in [0.25, 0.3) is 0 Å². The number of rotatable bonds is 5. The molecule has 0 spiro atoms. The summed E-state index contributed by atoms with van der Waals surface area (Å²) in [4.78, 5) is 54.3. The smallest absolute Gasteiger partial charge is 0.263 e. The molecule has 2 aliphatic heterocycles. The lowest BCUT2D eigenvalue weighted by Gasteiger charge is -2.11. The predicted octanol–water partition coefficient (Wildman–Crippen LogP) is 3.71. The molecule has 31 heavy (non-hydrogen) atoms. The van der Waals surface area contributed by atoms with Gasteiger partial charge in [-0.2, -0.15) is 0 Å². The predicted molar refractivity (Wildman–Crippen MR) is 142 cm³/mol. The van der Waals surface area contributed by atoms with E-state index >= 15 is 0 Å². The van der Waals surface area contributed by atoms with Crippen molar-refractivity contribution < 1.29 is 19.2 Å². The maximum atomic E-state index is 11.8. The van der Waals surface area contributed by atoms with Crippen molar-refractivity contribution in [2.75, 3.05) is 19.8 Å². The Balaban J connectivity index is 0.000000187. The van der Waals surface area contributed by atoms with Gasteiger partial charge in [-0.1, -0.05) is 67.8 Å². The molecule has 8 nitrogen and oxygen atoms in total. The van der Waals surface area contributed by atoms with Crippen LogP contribution in [0.4, 0.5) is 0 Å². The van der Waals surface area contributed by atoms with Gasteiger partial charge >= 0.3 is 0 Å². The van der Waals surface area contributed by atoms with Crippen LogP contribution in [-0.2, 0) is 0 Å². The van der Waals surface area contributed by atoms with Gasteiger partial charge in [-0.05, 0) is 25.0 Å². The van der Waals surface area contributed by atoms with Gasteiger partial charge < -0.3 is 0 Å². The van der Waals surface area contributed by atoms with Gasteiger partial charge in [-0.25, -0.2) is 0 Å². The van der Waals surface area contributed by atoms with Crippen LogP contribution in [0.3, 0.4) is 0 Å². The zero-order valence-corrected chi connectivity index (χ0v) is 22.8. The third-order valence-electron chi connectivity index (χ3n) is 4.09. The quantitative estimate of drug-likeness (QED) is 0.283. The van der Waals surface area contributed by atoms with Crippen molar-refractivity contribution in [3.63, 3.8) is 0 Å². The molecule has 164 valence electrons. The average molecular weight is 760 g/mol. The van der Waals surface area contributed by atoms with Crippen LogP contribution in [0.5, 0.6) is 0 Å². The van der Waals surface area contributed by atoms with Crippen molar-refractivity contribution in [1.82, 2.24) is 20.2 Å². The number of imide groups is 2. The van der Waals surface area contributed by atoms with Gasteiger partial charge in [0, 0.05) is 44.6 Å². The second-order valence-corrected chi connectivity index (χ2v) is 9.40. The molecule has 0 saturated carbocycles. The molecule has 4 heterocycles. The molecule has 0 fully saturated rings. The lowest BCUT2D eigenvalue weighted by molar-refractivity contribution is 0.0654. The van der Waals surface area contributed by atoms with E-state index in [-0.39, 0.29) is 23.6 Å². The number of fused-ring (bicyclic) bond motifs is 2. The monoisotopic (exact) mass is 760 g/mol. The fourth-order valence-corrected chi connectivity index (χ4v) is 5.18. The Hall–Kier alpha value is -1.23. The summed E-state index contributed by atoms with van der Waals surface area (Å²) < 4.78 is 3.55. The van der Waals surface area contributed by atoms with E-state index in [1.807, 2.05) is 0 Å². The summed E-state index contributed by atoms with van der Waals surface area (Å²) in [6.07, 6.45) is 8.05. The number of carbonyl (C=O) groups excluding carboxylic acids is 4. The summed E-state index contributed by atoms with van der Waals surface area (Å²) in [5, 5.41) is 2.16. The van der Waals surface area contributed by atoms with E-state index in [4.69, 9.17) is 0 Å². The Morgan fingerprint density at radius 1 is 0.710 bits per heavy atom. The zero-order valence-electron chi connectivity index (χ0n) is 16.3. The van der Waals surface area contributed by atoms with Gasteiger partial charge in [0.2, 0.25) is 0 Å². The molecule has 0 aromatic carbocycles. The van der Waals surface area contributed by atoms with E-state index in [9.17, 15) is 19.2 Å². The van der Waals surface area contributed by atoms with Crippen LogP contribution in [0.1, 0.15) is 54.3 Å². The molecule has 1 N–H and O–H groups in total. The molecule has 2 aliphatic rings. The highest BCUT2D eigenvalue weighted by Gasteiger charge is 2.34. The summed E-state index contributed by atoms with van der Waals surface area (Å²) >= 11 is 6.99. The van der Waals surface area contributed by atoms with Crippen LogP contribution >= 0.6 is 67.8 Å². The Labute approximate surface area is 220 Å². The number of nitrogens with zero attached hydrogens (tertiary/aromatic N) is 3. The average Bonchev–Trinajstić information content (AvgIpc) is 3.21. The third-order valence-corrected chi connectivity index (χ3v) is 6.38. The number of amides is 4. The molecule has 11 heteroatoms. The summed E-state index contributed by atoms with van der Waals surface area (Å²) in [5.74, 6) is -1.11. The fourth-order valence-electron chi connectivity index (χ4n) is 2.62. The number of nitrogens with one attached hydrogen (secondary N) is 1. The number of hydrogen-bond acceptors (Lipinski definition) is 6. The van der Waals surface area contributed by atoms with Crippen LogP contribution < -0.4 is 5.32 Å². The lowest BCUT2D eigenvalue weighted by atomic mass is 10.2. The van der Waals surface area contributed by atoms with E-state index < -0.39 is 0 Å². The molecule has 4 rings (SSSR count). The van der Waals surface area contributed by atoms with Gasteiger partial charge in [0.05, 0.1) is 22.3 Å². The molecular weight excluding hydrogens is 741 g/mol. The molecule has 0 radical (unpaired) electrons. The van der Waals surface area contributed by atoms with Crippen LogP contribution in [0.2, 0.25) is 0 Å². The van der Waals surface area contributed by atoms with Gasteiger partial charge in [0.1, 0.15) is 0 Å². The molecule has 0 unspecified atom stereocenters. The normalized spacial score (nSPS) is 13.6. The summed E-state index contributed by atoms with van der Waals surface area (Å²) in [6.45, 7) is 0.495. The second-order valence-electron chi connectivity index (χ2n) is 6.16. The Morgan fingerprint density at radius 2 is 1.23 bits per heavy atom. The molecule has 2 aromatic heterocycles. The van der Waals surface area contributed by atoms with Crippen LogP contribution in [0.15, 0.2) is 36.9 Å². The van der Waals surface area contributed by atoms with E-state index in [1.165, 1.54) is 51.0 Å². The highest BCUT2D eigenvalue weighted by atomic mass is 127. The highest BCUT2D eigenvalue weighted by Crippen LogP contribution is 2.21. The van der Waals surface area contributed by atoms with Gasteiger partial charge in [-0.3, -0.25) is 39.4 Å². The van der Waals surface area contributed by atoms with Crippen molar-refractivity contribution in [2.45, 2.75) is 12.8 Å². The Morgan fingerprint density at radius 3 is 1.74 bits per heavy atom. The summed E-state index contributed by atoms with van der Waals surface area (Å²) in [5.41, 5.74) is 1.67. The first-order valence-corrected chi connectivity index (χ1v) is 13.8. The Kier molecular flexibility index (Phi) is 11.2. The first-order valence-electron chi connectivity index (χ1n) is 9.24. The minimum atomic E-state index is -0.363. The number of alkyl halides is 3. The second kappa shape index (κ2) is 13.3.